The fourth-order valence-electron chi connectivity index (χ4n) is 2.16. The Balaban J connectivity index is 1.58. The molecule has 0 radical (unpaired) electrons. The molecule has 0 aliphatic rings. The zero-order chi connectivity index (χ0) is 16.9. The van der Waals surface area contributed by atoms with Crippen LogP contribution in [-0.4, -0.2) is 30.7 Å². The van der Waals surface area contributed by atoms with Crippen LogP contribution in [0, 0.1) is 6.92 Å². The third-order valence-electron chi connectivity index (χ3n) is 3.41. The summed E-state index contributed by atoms with van der Waals surface area (Å²) < 4.78 is 8.28. The molecule has 0 N–H and O–H groups in total. The minimum absolute atomic E-state index is 0.0295. The molecule has 2 aromatic heterocycles. The molecule has 2 heterocycles. The SMILES string of the molecule is Cc1csc(=O)n1CCC(=O)OCc1nnnn1-c1ccccc1. The van der Waals surface area contributed by atoms with Gasteiger partial charge >= 0.3 is 10.8 Å². The minimum atomic E-state index is -0.407. The van der Waals surface area contributed by atoms with Gasteiger partial charge in [-0.15, -0.1) is 5.10 Å². The van der Waals surface area contributed by atoms with E-state index in [1.165, 1.54) is 4.68 Å². The number of aryl methyl sites for hydroxylation is 1. The summed E-state index contributed by atoms with van der Waals surface area (Å²) in [6.07, 6.45) is 0.115. The molecule has 3 aromatic rings. The quantitative estimate of drug-likeness (QED) is 0.626. The Kier molecular flexibility index (Phi) is 4.80. The van der Waals surface area contributed by atoms with Crippen molar-refractivity contribution in [2.75, 3.05) is 0 Å². The normalized spacial score (nSPS) is 10.7. The van der Waals surface area contributed by atoms with Gasteiger partial charge in [0.25, 0.3) is 0 Å². The predicted molar refractivity (Wildman–Crippen MR) is 86.9 cm³/mol. The van der Waals surface area contributed by atoms with Gasteiger partial charge < -0.3 is 9.30 Å². The number of benzene rings is 1. The molecule has 0 spiro atoms. The highest BCUT2D eigenvalue weighted by Crippen LogP contribution is 2.08. The number of rotatable bonds is 6. The first kappa shape index (κ1) is 16.1. The van der Waals surface area contributed by atoms with Crippen LogP contribution >= 0.6 is 11.3 Å². The molecule has 124 valence electrons. The molecule has 1 aromatic carbocycles. The van der Waals surface area contributed by atoms with Gasteiger partial charge in [0.15, 0.2) is 12.4 Å². The van der Waals surface area contributed by atoms with E-state index in [0.29, 0.717) is 12.4 Å². The average molecular weight is 345 g/mol. The summed E-state index contributed by atoms with van der Waals surface area (Å²) in [6, 6.07) is 9.34. The van der Waals surface area contributed by atoms with Gasteiger partial charge in [-0.1, -0.05) is 29.5 Å². The second-order valence-electron chi connectivity index (χ2n) is 5.05. The second-order valence-corrected chi connectivity index (χ2v) is 5.87. The van der Waals surface area contributed by atoms with E-state index in [9.17, 15) is 9.59 Å². The maximum absolute atomic E-state index is 11.9. The molecule has 0 amide bonds. The van der Waals surface area contributed by atoms with Crippen molar-refractivity contribution < 1.29 is 9.53 Å². The maximum atomic E-state index is 11.9. The number of aromatic nitrogens is 5. The number of nitrogens with zero attached hydrogens (tertiary/aromatic N) is 5. The first-order valence-electron chi connectivity index (χ1n) is 7.28. The van der Waals surface area contributed by atoms with Crippen molar-refractivity contribution in [3.8, 4) is 5.69 Å². The molecule has 9 heteroatoms. The summed E-state index contributed by atoms with van der Waals surface area (Å²) in [5, 5.41) is 13.1. The van der Waals surface area contributed by atoms with E-state index in [-0.39, 0.29) is 17.9 Å². The summed E-state index contributed by atoms with van der Waals surface area (Å²) in [5.41, 5.74) is 1.62. The van der Waals surface area contributed by atoms with Crippen LogP contribution < -0.4 is 4.87 Å². The molecule has 8 nitrogen and oxygen atoms in total. The summed E-state index contributed by atoms with van der Waals surface area (Å²) in [6.45, 7) is 2.10. The molecule has 24 heavy (non-hydrogen) atoms. The molecule has 0 unspecified atom stereocenters. The van der Waals surface area contributed by atoms with Crippen molar-refractivity contribution in [1.29, 1.82) is 0 Å². The number of hydrogen-bond donors (Lipinski definition) is 0. The summed E-state index contributed by atoms with van der Waals surface area (Å²) >= 11 is 1.12. The average Bonchev–Trinajstić information content (AvgIpc) is 3.19. The fraction of sp³-hybridized carbons (Fsp3) is 0.267. The predicted octanol–water partition coefficient (Wildman–Crippen LogP) is 1.33. The van der Waals surface area contributed by atoms with Gasteiger partial charge in [-0.25, -0.2) is 0 Å². The van der Waals surface area contributed by atoms with Crippen molar-refractivity contribution in [1.82, 2.24) is 24.8 Å². The van der Waals surface area contributed by atoms with Crippen LogP contribution in [0.5, 0.6) is 0 Å². The molecule has 0 saturated carbocycles. The molecule has 0 bridgehead atoms. The Bertz CT molecular complexity index is 884. The van der Waals surface area contributed by atoms with E-state index in [0.717, 1.165) is 22.7 Å². The van der Waals surface area contributed by atoms with Gasteiger partial charge in [-0.2, -0.15) is 4.68 Å². The van der Waals surface area contributed by atoms with Crippen LogP contribution in [0.15, 0.2) is 40.5 Å². The molecular formula is C15H15N5O3S. The molecule has 3 rings (SSSR count). The third kappa shape index (κ3) is 3.57. The fourth-order valence-corrected chi connectivity index (χ4v) is 2.92. The van der Waals surface area contributed by atoms with Crippen LogP contribution in [0.1, 0.15) is 17.9 Å². The first-order valence-corrected chi connectivity index (χ1v) is 8.16. The maximum Gasteiger partial charge on any atom is 0.308 e. The number of hydrogen-bond acceptors (Lipinski definition) is 7. The Hall–Kier alpha value is -2.81. The van der Waals surface area contributed by atoms with Crippen molar-refractivity contribution in [2.45, 2.75) is 26.5 Å². The molecule has 0 fully saturated rings. The minimum Gasteiger partial charge on any atom is -0.457 e. The Morgan fingerprint density at radius 2 is 2.08 bits per heavy atom. The molecule has 0 aliphatic carbocycles. The van der Waals surface area contributed by atoms with Crippen LogP contribution in [-0.2, 0) is 22.7 Å². The van der Waals surface area contributed by atoms with E-state index >= 15 is 0 Å². The van der Waals surface area contributed by atoms with Crippen LogP contribution in [0.4, 0.5) is 0 Å². The standard InChI is InChI=1S/C15H15N5O3S/c1-11-10-24-15(22)19(11)8-7-14(21)23-9-13-16-17-18-20(13)12-5-3-2-4-6-12/h2-6,10H,7-9H2,1H3. The lowest BCUT2D eigenvalue weighted by molar-refractivity contribution is -0.145. The zero-order valence-corrected chi connectivity index (χ0v) is 13.8. The highest BCUT2D eigenvalue weighted by molar-refractivity contribution is 7.07. The number of thiazole rings is 1. The van der Waals surface area contributed by atoms with Crippen molar-refractivity contribution in [3.05, 3.63) is 56.9 Å². The zero-order valence-electron chi connectivity index (χ0n) is 13.0. The van der Waals surface area contributed by atoms with Gasteiger partial charge in [-0.3, -0.25) is 9.59 Å². The van der Waals surface area contributed by atoms with Gasteiger partial charge in [0.1, 0.15) is 0 Å². The van der Waals surface area contributed by atoms with E-state index in [4.69, 9.17) is 4.74 Å². The van der Waals surface area contributed by atoms with Gasteiger partial charge in [0.2, 0.25) is 0 Å². The summed E-state index contributed by atoms with van der Waals surface area (Å²) in [4.78, 5) is 23.4. The summed E-state index contributed by atoms with van der Waals surface area (Å²) in [7, 11) is 0. The highest BCUT2D eigenvalue weighted by atomic mass is 32.1. The Labute approximate surface area is 141 Å². The lowest BCUT2D eigenvalue weighted by Crippen LogP contribution is -2.18. The van der Waals surface area contributed by atoms with E-state index < -0.39 is 5.97 Å². The van der Waals surface area contributed by atoms with Crippen LogP contribution in [0.25, 0.3) is 5.69 Å². The van der Waals surface area contributed by atoms with Crippen LogP contribution in [0.2, 0.25) is 0 Å². The lowest BCUT2D eigenvalue weighted by atomic mass is 10.3. The highest BCUT2D eigenvalue weighted by Gasteiger charge is 2.12. The number of para-hydroxylation sites is 1. The van der Waals surface area contributed by atoms with Crippen molar-refractivity contribution in [3.63, 3.8) is 0 Å². The molecular weight excluding hydrogens is 330 g/mol. The van der Waals surface area contributed by atoms with E-state index in [1.54, 1.807) is 9.95 Å². The third-order valence-corrected chi connectivity index (χ3v) is 4.29. The largest absolute Gasteiger partial charge is 0.457 e. The van der Waals surface area contributed by atoms with Crippen LogP contribution in [0.3, 0.4) is 0 Å². The lowest BCUT2D eigenvalue weighted by Gasteiger charge is -2.07. The van der Waals surface area contributed by atoms with Gasteiger partial charge in [-0.05, 0) is 29.5 Å². The second kappa shape index (κ2) is 7.18. The number of carbonyl (C=O) groups is 1. The topological polar surface area (TPSA) is 91.9 Å². The van der Waals surface area contributed by atoms with E-state index in [1.807, 2.05) is 37.3 Å². The van der Waals surface area contributed by atoms with Gasteiger partial charge in [0, 0.05) is 17.6 Å². The van der Waals surface area contributed by atoms with Crippen molar-refractivity contribution in [2.24, 2.45) is 0 Å². The van der Waals surface area contributed by atoms with E-state index in [2.05, 4.69) is 15.5 Å². The summed E-state index contributed by atoms with van der Waals surface area (Å²) in [5.74, 6) is 0.0218. The smallest absolute Gasteiger partial charge is 0.308 e. The van der Waals surface area contributed by atoms with Gasteiger partial charge in [0.05, 0.1) is 12.1 Å². The molecule has 0 aliphatic heterocycles. The first-order chi connectivity index (χ1) is 11.6. The number of carbonyl (C=O) groups excluding carboxylic acids is 1. The number of esters is 1. The monoisotopic (exact) mass is 345 g/mol. The molecule has 0 atom stereocenters. The Morgan fingerprint density at radius 1 is 1.29 bits per heavy atom. The number of tetrazole rings is 1. The number of ether oxygens (including phenoxy) is 1. The van der Waals surface area contributed by atoms with Crippen molar-refractivity contribution >= 4 is 17.3 Å². The molecule has 0 saturated heterocycles. The Morgan fingerprint density at radius 3 is 2.79 bits per heavy atom.